The highest BCUT2D eigenvalue weighted by atomic mass is 19.1. The number of carbonyl (C=O) groups is 1. The number of hydrogen-bond donors (Lipinski definition) is 0. The van der Waals surface area contributed by atoms with Gasteiger partial charge in [-0.2, -0.15) is 4.98 Å². The molecule has 36 heavy (non-hydrogen) atoms. The van der Waals surface area contributed by atoms with E-state index in [0.29, 0.717) is 36.4 Å². The lowest BCUT2D eigenvalue weighted by atomic mass is 10.0. The Morgan fingerprint density at radius 1 is 0.917 bits per heavy atom. The van der Waals surface area contributed by atoms with E-state index in [1.54, 1.807) is 0 Å². The van der Waals surface area contributed by atoms with Crippen molar-refractivity contribution in [2.75, 3.05) is 44.7 Å². The van der Waals surface area contributed by atoms with E-state index < -0.39 is 34.7 Å². The van der Waals surface area contributed by atoms with Crippen molar-refractivity contribution >= 4 is 11.9 Å². The molecule has 1 aromatic heterocycles. The lowest BCUT2D eigenvalue weighted by Crippen LogP contribution is -2.45. The Morgan fingerprint density at radius 2 is 1.64 bits per heavy atom. The van der Waals surface area contributed by atoms with Crippen molar-refractivity contribution in [3.8, 4) is 11.6 Å². The minimum Gasteiger partial charge on any atom is -0.435 e. The third-order valence-corrected chi connectivity index (χ3v) is 6.36. The molecule has 1 amide bonds. The summed E-state index contributed by atoms with van der Waals surface area (Å²) in [5.41, 5.74) is 0.338. The number of amides is 1. The zero-order chi connectivity index (χ0) is 25.4. The number of ether oxygens (including phenoxy) is 1. The molecule has 0 N–H and O–H groups in total. The van der Waals surface area contributed by atoms with Gasteiger partial charge in [0.25, 0.3) is 5.91 Å². The maximum Gasteiger partial charge on any atom is 0.260 e. The van der Waals surface area contributed by atoms with Gasteiger partial charge < -0.3 is 19.4 Å². The van der Waals surface area contributed by atoms with Crippen LogP contribution in [0.3, 0.4) is 0 Å². The van der Waals surface area contributed by atoms with Gasteiger partial charge in [0.2, 0.25) is 11.8 Å². The van der Waals surface area contributed by atoms with Crippen LogP contribution in [-0.4, -0.2) is 65.4 Å². The first-order chi connectivity index (χ1) is 17.3. The molecule has 2 aliphatic rings. The van der Waals surface area contributed by atoms with E-state index >= 15 is 0 Å². The van der Waals surface area contributed by atoms with Gasteiger partial charge in [0, 0.05) is 45.2 Å². The average Bonchev–Trinajstić information content (AvgIpc) is 2.85. The van der Waals surface area contributed by atoms with Gasteiger partial charge in [-0.15, -0.1) is 0 Å². The van der Waals surface area contributed by atoms with Crippen LogP contribution in [0.15, 0.2) is 36.4 Å². The highest BCUT2D eigenvalue weighted by Gasteiger charge is 2.31. The van der Waals surface area contributed by atoms with Crippen molar-refractivity contribution in [3.05, 3.63) is 76.5 Å². The molecule has 188 valence electrons. The molecule has 3 heterocycles. The van der Waals surface area contributed by atoms with Gasteiger partial charge >= 0.3 is 0 Å². The molecule has 11 heteroatoms. The van der Waals surface area contributed by atoms with Crippen molar-refractivity contribution in [1.29, 1.82) is 0 Å². The average molecular weight is 501 g/mol. The summed E-state index contributed by atoms with van der Waals surface area (Å²) in [4.78, 5) is 27.6. The number of halogens is 4. The summed E-state index contributed by atoms with van der Waals surface area (Å²) in [5.74, 6) is -4.25. The molecular weight excluding hydrogens is 478 g/mol. The van der Waals surface area contributed by atoms with Gasteiger partial charge in [0.05, 0.1) is 17.8 Å². The smallest absolute Gasteiger partial charge is 0.260 e. The van der Waals surface area contributed by atoms with Gasteiger partial charge in [-0.25, -0.2) is 22.5 Å². The normalized spacial score (nSPS) is 16.1. The van der Waals surface area contributed by atoms with E-state index in [1.165, 1.54) is 11.0 Å². The summed E-state index contributed by atoms with van der Waals surface area (Å²) in [6.07, 6.45) is 0.280. The molecule has 0 aliphatic carbocycles. The topological polar surface area (TPSA) is 61.8 Å². The molecule has 5 rings (SSSR count). The molecule has 2 aromatic carbocycles. The van der Waals surface area contributed by atoms with Crippen molar-refractivity contribution in [1.82, 2.24) is 19.8 Å². The van der Waals surface area contributed by atoms with Crippen molar-refractivity contribution in [3.63, 3.8) is 0 Å². The monoisotopic (exact) mass is 501 g/mol. The maximum absolute atomic E-state index is 14.4. The highest BCUT2D eigenvalue weighted by Crippen LogP contribution is 2.33. The summed E-state index contributed by atoms with van der Waals surface area (Å²) >= 11 is 0. The number of hydrogen-bond acceptors (Lipinski definition) is 6. The number of fused-ring (bicyclic) bond motifs is 1. The fourth-order valence-electron chi connectivity index (χ4n) is 4.30. The molecule has 0 spiro atoms. The summed E-state index contributed by atoms with van der Waals surface area (Å²) < 4.78 is 62.1. The molecule has 0 unspecified atom stereocenters. The second-order valence-electron chi connectivity index (χ2n) is 8.79. The standard InChI is InChI=1S/C25H23F4N5O2/c1-32-9-11-33(12-10-32)25-30-20-7-8-34(24(35)22-17(27)3-2-4-18(22)28)14-16(20)23(31-25)36-21-6-5-15(26)13-19(21)29/h2-6,13H,7-12,14H2,1H3. The summed E-state index contributed by atoms with van der Waals surface area (Å²) in [7, 11) is 2.01. The van der Waals surface area contributed by atoms with E-state index in [2.05, 4.69) is 14.9 Å². The first-order valence-corrected chi connectivity index (χ1v) is 11.5. The Labute approximate surface area is 204 Å². The van der Waals surface area contributed by atoms with Crippen molar-refractivity contribution in [2.24, 2.45) is 0 Å². The Balaban J connectivity index is 1.51. The molecule has 0 saturated carbocycles. The van der Waals surface area contributed by atoms with Gasteiger partial charge in [-0.3, -0.25) is 4.79 Å². The predicted octanol–water partition coefficient (Wildman–Crippen LogP) is 3.78. The Hall–Kier alpha value is -3.73. The first-order valence-electron chi connectivity index (χ1n) is 11.5. The van der Waals surface area contributed by atoms with Crippen LogP contribution in [0.2, 0.25) is 0 Å². The summed E-state index contributed by atoms with van der Waals surface area (Å²) in [6, 6.07) is 6.13. The molecule has 2 aliphatic heterocycles. The van der Waals surface area contributed by atoms with Crippen LogP contribution in [-0.2, 0) is 13.0 Å². The molecule has 0 atom stereocenters. The fraction of sp³-hybridized carbons (Fsp3) is 0.320. The van der Waals surface area contributed by atoms with E-state index in [0.717, 1.165) is 37.4 Å². The van der Waals surface area contributed by atoms with E-state index in [-0.39, 0.29) is 31.1 Å². The molecule has 7 nitrogen and oxygen atoms in total. The van der Waals surface area contributed by atoms with E-state index in [1.807, 2.05) is 11.9 Å². The van der Waals surface area contributed by atoms with Crippen LogP contribution >= 0.6 is 0 Å². The minimum atomic E-state index is -0.961. The molecule has 0 bridgehead atoms. The van der Waals surface area contributed by atoms with Crippen LogP contribution in [0, 0.1) is 23.3 Å². The minimum absolute atomic E-state index is 0.00550. The zero-order valence-electron chi connectivity index (χ0n) is 19.5. The number of benzene rings is 2. The largest absolute Gasteiger partial charge is 0.435 e. The third kappa shape index (κ3) is 4.70. The lowest BCUT2D eigenvalue weighted by Gasteiger charge is -2.34. The molecule has 0 radical (unpaired) electrons. The van der Waals surface area contributed by atoms with Crippen LogP contribution in [0.1, 0.15) is 21.6 Å². The molecule has 3 aromatic rings. The van der Waals surface area contributed by atoms with E-state index in [9.17, 15) is 22.4 Å². The maximum atomic E-state index is 14.4. The Kier molecular flexibility index (Phi) is 6.48. The number of nitrogens with zero attached hydrogens (tertiary/aromatic N) is 5. The quantitative estimate of drug-likeness (QED) is 0.508. The lowest BCUT2D eigenvalue weighted by molar-refractivity contribution is 0.0722. The van der Waals surface area contributed by atoms with Gasteiger partial charge in [0.1, 0.15) is 23.0 Å². The summed E-state index contributed by atoms with van der Waals surface area (Å²) in [5, 5.41) is 0. The zero-order valence-corrected chi connectivity index (χ0v) is 19.5. The second kappa shape index (κ2) is 9.73. The van der Waals surface area contributed by atoms with Crippen LogP contribution in [0.25, 0.3) is 0 Å². The molecule has 1 fully saturated rings. The van der Waals surface area contributed by atoms with Crippen molar-refractivity contribution in [2.45, 2.75) is 13.0 Å². The van der Waals surface area contributed by atoms with Crippen LogP contribution in [0.4, 0.5) is 23.5 Å². The van der Waals surface area contributed by atoms with Gasteiger partial charge in [-0.05, 0) is 31.3 Å². The SMILES string of the molecule is CN1CCN(c2nc3c(c(Oc4ccc(F)cc4F)n2)CN(C(=O)c2c(F)cccc2F)CC3)CC1. The first kappa shape index (κ1) is 24.0. The Morgan fingerprint density at radius 3 is 2.33 bits per heavy atom. The number of anilines is 1. The van der Waals surface area contributed by atoms with Crippen LogP contribution in [0.5, 0.6) is 11.6 Å². The number of piperazine rings is 1. The molecular formula is C25H23F4N5O2. The Bertz CT molecular complexity index is 1290. The number of rotatable bonds is 4. The third-order valence-electron chi connectivity index (χ3n) is 6.36. The fourth-order valence-corrected chi connectivity index (χ4v) is 4.30. The second-order valence-corrected chi connectivity index (χ2v) is 8.79. The highest BCUT2D eigenvalue weighted by molar-refractivity contribution is 5.95. The number of aromatic nitrogens is 2. The summed E-state index contributed by atoms with van der Waals surface area (Å²) in [6.45, 7) is 3.04. The number of carbonyl (C=O) groups excluding carboxylic acids is 1. The van der Waals surface area contributed by atoms with Crippen molar-refractivity contribution < 1.29 is 27.1 Å². The van der Waals surface area contributed by atoms with Gasteiger partial charge in [0.15, 0.2) is 11.6 Å². The molecule has 1 saturated heterocycles. The number of likely N-dealkylation sites (N-methyl/N-ethyl adjacent to an activating group) is 1. The van der Waals surface area contributed by atoms with Crippen LogP contribution < -0.4 is 9.64 Å². The predicted molar refractivity (Wildman–Crippen MR) is 123 cm³/mol. The van der Waals surface area contributed by atoms with Gasteiger partial charge in [-0.1, -0.05) is 6.07 Å². The van der Waals surface area contributed by atoms with E-state index in [4.69, 9.17) is 4.74 Å².